The monoisotopic (exact) mass is 281 g/mol. The van der Waals surface area contributed by atoms with Crippen molar-refractivity contribution in [1.82, 2.24) is 4.98 Å². The van der Waals surface area contributed by atoms with E-state index in [4.69, 9.17) is 5.73 Å². The second kappa shape index (κ2) is 5.40. The van der Waals surface area contributed by atoms with Gasteiger partial charge in [0, 0.05) is 11.9 Å². The maximum Gasteiger partial charge on any atom is 0.124 e. The van der Waals surface area contributed by atoms with Crippen LogP contribution in [-0.4, -0.2) is 4.98 Å². The molecular formula is C17H16FN3. The van der Waals surface area contributed by atoms with E-state index in [1.807, 2.05) is 37.3 Å². The van der Waals surface area contributed by atoms with E-state index in [0.29, 0.717) is 17.6 Å². The van der Waals surface area contributed by atoms with Crippen LogP contribution in [0.1, 0.15) is 11.3 Å². The fraction of sp³-hybridized carbons (Fsp3) is 0.118. The van der Waals surface area contributed by atoms with Crippen molar-refractivity contribution in [2.24, 2.45) is 0 Å². The minimum Gasteiger partial charge on any atom is -0.396 e. The van der Waals surface area contributed by atoms with Gasteiger partial charge in [-0.3, -0.25) is 4.98 Å². The van der Waals surface area contributed by atoms with Gasteiger partial charge in [0.25, 0.3) is 0 Å². The van der Waals surface area contributed by atoms with Crippen molar-refractivity contribution in [2.45, 2.75) is 13.5 Å². The lowest BCUT2D eigenvalue weighted by molar-refractivity contribution is 0.629. The standard InChI is InChI=1S/C17H16FN3/c1-11-16(19)17(20-10-12-5-3-2-4-6-12)14-9-13(18)7-8-15(14)21-11/h2-9H,10,19H2,1H3,(H,20,21). The average molecular weight is 281 g/mol. The molecule has 1 aromatic heterocycles. The maximum absolute atomic E-state index is 13.5. The summed E-state index contributed by atoms with van der Waals surface area (Å²) in [5.41, 5.74) is 10.0. The molecule has 0 spiro atoms. The van der Waals surface area contributed by atoms with E-state index in [1.54, 1.807) is 6.07 Å². The lowest BCUT2D eigenvalue weighted by Gasteiger charge is -2.14. The van der Waals surface area contributed by atoms with Crippen LogP contribution in [0, 0.1) is 12.7 Å². The number of aromatic nitrogens is 1. The summed E-state index contributed by atoms with van der Waals surface area (Å²) in [6.45, 7) is 2.48. The number of rotatable bonds is 3. The fourth-order valence-electron chi connectivity index (χ4n) is 2.35. The fourth-order valence-corrected chi connectivity index (χ4v) is 2.35. The molecule has 0 radical (unpaired) electrons. The van der Waals surface area contributed by atoms with Gasteiger partial charge < -0.3 is 11.1 Å². The van der Waals surface area contributed by atoms with Crippen molar-refractivity contribution >= 4 is 22.3 Å². The molecule has 0 fully saturated rings. The van der Waals surface area contributed by atoms with Gasteiger partial charge in [0.05, 0.1) is 22.6 Å². The van der Waals surface area contributed by atoms with Crippen LogP contribution in [0.3, 0.4) is 0 Å². The van der Waals surface area contributed by atoms with Crippen molar-refractivity contribution in [1.29, 1.82) is 0 Å². The van der Waals surface area contributed by atoms with Gasteiger partial charge in [-0.05, 0) is 30.7 Å². The Morgan fingerprint density at radius 3 is 2.67 bits per heavy atom. The number of hydrogen-bond acceptors (Lipinski definition) is 3. The minimum atomic E-state index is -0.296. The molecule has 106 valence electrons. The Bertz CT molecular complexity index is 785. The SMILES string of the molecule is Cc1nc2ccc(F)cc2c(NCc2ccccc2)c1N. The molecule has 0 aliphatic heterocycles. The summed E-state index contributed by atoms with van der Waals surface area (Å²) < 4.78 is 13.5. The molecule has 0 amide bonds. The zero-order valence-corrected chi connectivity index (χ0v) is 11.7. The molecule has 3 aromatic rings. The van der Waals surface area contributed by atoms with E-state index in [9.17, 15) is 4.39 Å². The molecule has 0 aliphatic carbocycles. The third kappa shape index (κ3) is 2.65. The summed E-state index contributed by atoms with van der Waals surface area (Å²) in [4.78, 5) is 4.40. The van der Waals surface area contributed by atoms with Crippen LogP contribution in [0.25, 0.3) is 10.9 Å². The number of benzene rings is 2. The average Bonchev–Trinajstić information content (AvgIpc) is 2.49. The van der Waals surface area contributed by atoms with E-state index >= 15 is 0 Å². The Labute approximate surface area is 122 Å². The van der Waals surface area contributed by atoms with Crippen LogP contribution >= 0.6 is 0 Å². The van der Waals surface area contributed by atoms with Gasteiger partial charge in [0.1, 0.15) is 5.82 Å². The van der Waals surface area contributed by atoms with Gasteiger partial charge in [0.15, 0.2) is 0 Å². The first-order valence-corrected chi connectivity index (χ1v) is 6.78. The molecule has 2 aromatic carbocycles. The largest absolute Gasteiger partial charge is 0.396 e. The van der Waals surface area contributed by atoms with Gasteiger partial charge in [-0.15, -0.1) is 0 Å². The summed E-state index contributed by atoms with van der Waals surface area (Å²) in [6, 6.07) is 14.5. The predicted molar refractivity (Wildman–Crippen MR) is 84.6 cm³/mol. The summed E-state index contributed by atoms with van der Waals surface area (Å²) in [6.07, 6.45) is 0. The summed E-state index contributed by atoms with van der Waals surface area (Å²) in [5.74, 6) is -0.296. The number of fused-ring (bicyclic) bond motifs is 1. The molecule has 3 N–H and O–H groups in total. The number of nitrogens with zero attached hydrogens (tertiary/aromatic N) is 1. The Balaban J connectivity index is 2.03. The topological polar surface area (TPSA) is 50.9 Å². The molecule has 0 unspecified atom stereocenters. The minimum absolute atomic E-state index is 0.296. The van der Waals surface area contributed by atoms with Crippen LogP contribution in [0.5, 0.6) is 0 Å². The van der Waals surface area contributed by atoms with Crippen molar-refractivity contribution in [3.8, 4) is 0 Å². The second-order valence-corrected chi connectivity index (χ2v) is 4.99. The maximum atomic E-state index is 13.5. The zero-order chi connectivity index (χ0) is 14.8. The molecule has 0 saturated carbocycles. The third-order valence-electron chi connectivity index (χ3n) is 3.49. The number of nitrogens with two attached hydrogens (primary N) is 1. The van der Waals surface area contributed by atoms with Crippen molar-refractivity contribution in [2.75, 3.05) is 11.1 Å². The summed E-state index contributed by atoms with van der Waals surface area (Å²) in [7, 11) is 0. The van der Waals surface area contributed by atoms with Gasteiger partial charge >= 0.3 is 0 Å². The number of aryl methyl sites for hydroxylation is 1. The molecule has 3 nitrogen and oxygen atoms in total. The van der Waals surface area contributed by atoms with Gasteiger partial charge in [0.2, 0.25) is 0 Å². The highest BCUT2D eigenvalue weighted by molar-refractivity contribution is 5.98. The van der Waals surface area contributed by atoms with E-state index in [2.05, 4.69) is 10.3 Å². The quantitative estimate of drug-likeness (QED) is 0.766. The summed E-state index contributed by atoms with van der Waals surface area (Å²) in [5, 5.41) is 4.01. The van der Waals surface area contributed by atoms with Crippen molar-refractivity contribution in [3.05, 3.63) is 65.6 Å². The number of halogens is 1. The first-order chi connectivity index (χ1) is 10.1. The first kappa shape index (κ1) is 13.4. The first-order valence-electron chi connectivity index (χ1n) is 6.78. The third-order valence-corrected chi connectivity index (χ3v) is 3.49. The highest BCUT2D eigenvalue weighted by Gasteiger charge is 2.10. The Morgan fingerprint density at radius 2 is 1.90 bits per heavy atom. The number of anilines is 2. The van der Waals surface area contributed by atoms with Gasteiger partial charge in [-0.2, -0.15) is 0 Å². The number of hydrogen-bond donors (Lipinski definition) is 2. The van der Waals surface area contributed by atoms with Crippen LogP contribution in [-0.2, 0) is 6.54 Å². The highest BCUT2D eigenvalue weighted by Crippen LogP contribution is 2.31. The molecule has 1 heterocycles. The molecule has 0 bridgehead atoms. The lowest BCUT2D eigenvalue weighted by atomic mass is 10.1. The predicted octanol–water partition coefficient (Wildman–Crippen LogP) is 3.88. The van der Waals surface area contributed by atoms with Crippen molar-refractivity contribution in [3.63, 3.8) is 0 Å². The molecular weight excluding hydrogens is 265 g/mol. The smallest absolute Gasteiger partial charge is 0.124 e. The Kier molecular flexibility index (Phi) is 3.44. The van der Waals surface area contributed by atoms with E-state index in [1.165, 1.54) is 12.1 Å². The summed E-state index contributed by atoms with van der Waals surface area (Å²) >= 11 is 0. The number of nitrogen functional groups attached to an aromatic ring is 1. The van der Waals surface area contributed by atoms with Crippen LogP contribution in [0.4, 0.5) is 15.8 Å². The molecule has 0 aliphatic rings. The van der Waals surface area contributed by atoms with Crippen molar-refractivity contribution < 1.29 is 4.39 Å². The van der Waals surface area contributed by atoms with Gasteiger partial charge in [-0.25, -0.2) is 4.39 Å². The number of nitrogens with one attached hydrogen (secondary N) is 1. The highest BCUT2D eigenvalue weighted by atomic mass is 19.1. The molecule has 0 atom stereocenters. The Hall–Kier alpha value is -2.62. The molecule has 21 heavy (non-hydrogen) atoms. The second-order valence-electron chi connectivity index (χ2n) is 4.99. The Morgan fingerprint density at radius 1 is 1.14 bits per heavy atom. The van der Waals surface area contributed by atoms with Crippen LogP contribution in [0.15, 0.2) is 48.5 Å². The molecule has 3 rings (SSSR count). The van der Waals surface area contributed by atoms with E-state index in [-0.39, 0.29) is 5.82 Å². The lowest BCUT2D eigenvalue weighted by Crippen LogP contribution is -2.06. The van der Waals surface area contributed by atoms with E-state index < -0.39 is 0 Å². The van der Waals surface area contributed by atoms with Crippen LogP contribution in [0.2, 0.25) is 0 Å². The normalized spacial score (nSPS) is 10.8. The molecule has 4 heteroatoms. The number of pyridine rings is 1. The zero-order valence-electron chi connectivity index (χ0n) is 11.7. The van der Waals surface area contributed by atoms with Gasteiger partial charge in [-0.1, -0.05) is 30.3 Å². The van der Waals surface area contributed by atoms with E-state index in [0.717, 1.165) is 22.5 Å². The molecule has 0 saturated heterocycles. The van der Waals surface area contributed by atoms with Crippen LogP contribution < -0.4 is 11.1 Å².